The number of nitrogens with zero attached hydrogens (tertiary/aromatic N) is 2. The van der Waals surface area contributed by atoms with Crippen LogP contribution in [0, 0.1) is 5.95 Å². The maximum absolute atomic E-state index is 12.7. The molecule has 0 bridgehead atoms. The van der Waals surface area contributed by atoms with Crippen molar-refractivity contribution < 1.29 is 9.13 Å². The zero-order valence-corrected chi connectivity index (χ0v) is 7.74. The van der Waals surface area contributed by atoms with Crippen LogP contribution >= 0.6 is 0 Å². The van der Waals surface area contributed by atoms with Crippen molar-refractivity contribution in [2.24, 2.45) is 0 Å². The second-order valence-corrected chi connectivity index (χ2v) is 3.06. The van der Waals surface area contributed by atoms with E-state index in [1.165, 1.54) is 6.07 Å². The van der Waals surface area contributed by atoms with Gasteiger partial charge in [-0.25, -0.2) is 9.99 Å². The molecule has 1 N–H and O–H groups in total. The van der Waals surface area contributed by atoms with Crippen molar-refractivity contribution in [3.63, 3.8) is 0 Å². The zero-order valence-electron chi connectivity index (χ0n) is 7.74. The van der Waals surface area contributed by atoms with E-state index in [0.717, 1.165) is 13.1 Å². The molecule has 0 spiro atoms. The van der Waals surface area contributed by atoms with E-state index in [1.54, 1.807) is 12.1 Å². The number of rotatable bonds is 2. The summed E-state index contributed by atoms with van der Waals surface area (Å²) in [7, 11) is 0. The van der Waals surface area contributed by atoms with E-state index in [4.69, 9.17) is 4.74 Å². The van der Waals surface area contributed by atoms with E-state index in [2.05, 4.69) is 10.4 Å². The van der Waals surface area contributed by atoms with Gasteiger partial charge < -0.3 is 10.2 Å². The van der Waals surface area contributed by atoms with Crippen LogP contribution in [0.3, 0.4) is 0 Å². The van der Waals surface area contributed by atoms with Crippen LogP contribution in [0.2, 0.25) is 0 Å². The average molecular weight is 197 g/mol. The van der Waals surface area contributed by atoms with Crippen LogP contribution in [0.25, 0.3) is 0 Å². The lowest BCUT2D eigenvalue weighted by Crippen LogP contribution is -2.40. The number of hydrogen-bond acceptors (Lipinski definition) is 4. The maximum atomic E-state index is 12.7. The number of aromatic nitrogens is 1. The van der Waals surface area contributed by atoms with Gasteiger partial charge in [0.05, 0.1) is 13.2 Å². The lowest BCUT2D eigenvalue weighted by atomic mass is 10.4. The van der Waals surface area contributed by atoms with Crippen molar-refractivity contribution in [1.29, 1.82) is 0 Å². The largest absolute Gasteiger partial charge is 0.379 e. The number of hydrazine groups is 1. The highest BCUT2D eigenvalue weighted by molar-refractivity contribution is 5.32. The molecule has 1 aromatic heterocycles. The minimum atomic E-state index is -0.469. The topological polar surface area (TPSA) is 37.4 Å². The van der Waals surface area contributed by atoms with E-state index in [9.17, 15) is 4.39 Å². The molecule has 0 radical (unpaired) electrons. The quantitative estimate of drug-likeness (QED) is 0.714. The van der Waals surface area contributed by atoms with Crippen LogP contribution < -0.4 is 5.43 Å². The van der Waals surface area contributed by atoms with Gasteiger partial charge in [-0.3, -0.25) is 0 Å². The Morgan fingerprint density at radius 3 is 2.86 bits per heavy atom. The highest BCUT2D eigenvalue weighted by atomic mass is 19.1. The van der Waals surface area contributed by atoms with Gasteiger partial charge >= 0.3 is 0 Å². The van der Waals surface area contributed by atoms with E-state index >= 15 is 0 Å². The summed E-state index contributed by atoms with van der Waals surface area (Å²) in [5.41, 5.74) is 3.02. The Balaban J connectivity index is 1.95. The fraction of sp³-hybridized carbons (Fsp3) is 0.444. The summed E-state index contributed by atoms with van der Waals surface area (Å²) in [4.78, 5) is 3.71. The third-order valence-electron chi connectivity index (χ3n) is 2.00. The number of ether oxygens (including phenoxy) is 1. The van der Waals surface area contributed by atoms with Gasteiger partial charge in [0, 0.05) is 13.1 Å². The van der Waals surface area contributed by atoms with Crippen LogP contribution in [0.4, 0.5) is 10.2 Å². The average Bonchev–Trinajstić information content (AvgIpc) is 2.19. The van der Waals surface area contributed by atoms with Crippen LogP contribution in [0.5, 0.6) is 0 Å². The summed E-state index contributed by atoms with van der Waals surface area (Å²) < 4.78 is 17.9. The van der Waals surface area contributed by atoms with Crippen molar-refractivity contribution in [2.75, 3.05) is 31.7 Å². The molecular formula is C9H12FN3O. The summed E-state index contributed by atoms with van der Waals surface area (Å²) in [6.07, 6.45) is 0. The first-order chi connectivity index (χ1) is 6.84. The minimum Gasteiger partial charge on any atom is -0.379 e. The molecule has 1 aliphatic rings. The molecule has 2 heterocycles. The lowest BCUT2D eigenvalue weighted by molar-refractivity contribution is 0.0494. The second-order valence-electron chi connectivity index (χ2n) is 3.06. The summed E-state index contributed by atoms with van der Waals surface area (Å²) in [6, 6.07) is 4.69. The first kappa shape index (κ1) is 9.36. The summed E-state index contributed by atoms with van der Waals surface area (Å²) in [5, 5.41) is 1.96. The van der Waals surface area contributed by atoms with Crippen molar-refractivity contribution in [3.8, 4) is 0 Å². The molecule has 0 unspecified atom stereocenters. The number of halogens is 1. The SMILES string of the molecule is Fc1cccc(NN2CCOCC2)n1. The third-order valence-corrected chi connectivity index (χ3v) is 2.00. The number of hydrogen-bond donors (Lipinski definition) is 1. The minimum absolute atomic E-state index is 0.469. The Hall–Kier alpha value is -1.20. The molecule has 0 aliphatic carbocycles. The Kier molecular flexibility index (Phi) is 2.90. The Morgan fingerprint density at radius 1 is 1.36 bits per heavy atom. The van der Waals surface area contributed by atoms with Crippen LogP contribution in [0.15, 0.2) is 18.2 Å². The van der Waals surface area contributed by atoms with Crippen molar-refractivity contribution in [1.82, 2.24) is 9.99 Å². The number of nitrogens with one attached hydrogen (secondary N) is 1. The van der Waals surface area contributed by atoms with Crippen molar-refractivity contribution >= 4 is 5.82 Å². The van der Waals surface area contributed by atoms with E-state index < -0.39 is 5.95 Å². The molecule has 0 aromatic carbocycles. The highest BCUT2D eigenvalue weighted by Crippen LogP contribution is 2.06. The number of morpholine rings is 1. The number of pyridine rings is 1. The molecule has 1 aliphatic heterocycles. The molecule has 14 heavy (non-hydrogen) atoms. The van der Waals surface area contributed by atoms with Crippen LogP contribution in [-0.2, 0) is 4.74 Å². The smallest absolute Gasteiger partial charge is 0.214 e. The van der Waals surface area contributed by atoms with Gasteiger partial charge in [0.1, 0.15) is 5.82 Å². The Bertz CT molecular complexity index is 302. The molecule has 0 saturated carbocycles. The molecule has 76 valence electrons. The predicted octanol–water partition coefficient (Wildman–Crippen LogP) is 0.880. The van der Waals surface area contributed by atoms with Crippen LogP contribution in [0.1, 0.15) is 0 Å². The zero-order chi connectivity index (χ0) is 9.80. The third kappa shape index (κ3) is 2.40. The maximum Gasteiger partial charge on any atom is 0.214 e. The molecule has 1 fully saturated rings. The van der Waals surface area contributed by atoms with Gasteiger partial charge in [0.15, 0.2) is 0 Å². The van der Waals surface area contributed by atoms with E-state index in [1.807, 2.05) is 5.01 Å². The standard InChI is InChI=1S/C9H12FN3O/c10-8-2-1-3-9(11-8)12-13-4-6-14-7-5-13/h1-3H,4-7H2,(H,11,12). The van der Waals surface area contributed by atoms with Gasteiger partial charge in [-0.15, -0.1) is 0 Å². The van der Waals surface area contributed by atoms with Gasteiger partial charge in [0.25, 0.3) is 0 Å². The summed E-state index contributed by atoms with van der Waals surface area (Å²) >= 11 is 0. The molecule has 0 atom stereocenters. The molecule has 4 nitrogen and oxygen atoms in total. The summed E-state index contributed by atoms with van der Waals surface area (Å²) in [5.74, 6) is 0.0650. The molecule has 2 rings (SSSR count). The van der Waals surface area contributed by atoms with E-state index in [-0.39, 0.29) is 0 Å². The second kappa shape index (κ2) is 4.34. The fourth-order valence-corrected chi connectivity index (χ4v) is 1.31. The molecule has 5 heteroatoms. The fourth-order valence-electron chi connectivity index (χ4n) is 1.31. The molecular weight excluding hydrogens is 185 g/mol. The normalized spacial score (nSPS) is 18.1. The van der Waals surface area contributed by atoms with Gasteiger partial charge in [-0.2, -0.15) is 4.39 Å². The Labute approximate surface area is 81.7 Å². The van der Waals surface area contributed by atoms with E-state index in [0.29, 0.717) is 19.0 Å². The van der Waals surface area contributed by atoms with Gasteiger partial charge in [0.2, 0.25) is 5.95 Å². The molecule has 1 saturated heterocycles. The number of anilines is 1. The first-order valence-electron chi connectivity index (χ1n) is 4.56. The van der Waals surface area contributed by atoms with Gasteiger partial charge in [-0.1, -0.05) is 6.07 Å². The molecule has 0 amide bonds. The lowest BCUT2D eigenvalue weighted by Gasteiger charge is -2.27. The summed E-state index contributed by atoms with van der Waals surface area (Å²) in [6.45, 7) is 2.97. The van der Waals surface area contributed by atoms with Crippen molar-refractivity contribution in [2.45, 2.75) is 0 Å². The first-order valence-corrected chi connectivity index (χ1v) is 4.56. The molecule has 1 aromatic rings. The van der Waals surface area contributed by atoms with Crippen molar-refractivity contribution in [3.05, 3.63) is 24.1 Å². The monoisotopic (exact) mass is 197 g/mol. The predicted molar refractivity (Wildman–Crippen MR) is 50.2 cm³/mol. The van der Waals surface area contributed by atoms with Crippen LogP contribution in [-0.4, -0.2) is 36.3 Å². The highest BCUT2D eigenvalue weighted by Gasteiger charge is 2.10. The Morgan fingerprint density at radius 2 is 2.14 bits per heavy atom. The van der Waals surface area contributed by atoms with Gasteiger partial charge in [-0.05, 0) is 12.1 Å².